The Hall–Kier alpha value is -0.160. The van der Waals surface area contributed by atoms with Gasteiger partial charge in [0, 0.05) is 12.1 Å². The highest BCUT2D eigenvalue weighted by molar-refractivity contribution is 4.90. The maximum atomic E-state index is 9.48. The zero-order chi connectivity index (χ0) is 13.6. The summed E-state index contributed by atoms with van der Waals surface area (Å²) in [7, 11) is 0. The molecule has 0 aromatic carbocycles. The van der Waals surface area contributed by atoms with Crippen molar-refractivity contribution in [2.24, 2.45) is 0 Å². The molecule has 1 aliphatic heterocycles. The first-order chi connectivity index (χ1) is 8.56. The lowest BCUT2D eigenvalue weighted by molar-refractivity contribution is 0.0753. The van der Waals surface area contributed by atoms with Crippen LogP contribution in [-0.2, 0) is 0 Å². The molecule has 0 spiro atoms. The first-order valence-electron chi connectivity index (χ1n) is 7.30. The SMILES string of the molecule is CCC(CO)(CO)NC1CCCN(C(C)C)CC1. The van der Waals surface area contributed by atoms with Gasteiger partial charge in [0.25, 0.3) is 0 Å². The Bertz CT molecular complexity index is 222. The van der Waals surface area contributed by atoms with E-state index < -0.39 is 5.54 Å². The van der Waals surface area contributed by atoms with Crippen LogP contribution in [0.1, 0.15) is 46.5 Å². The lowest BCUT2D eigenvalue weighted by Gasteiger charge is -2.34. The van der Waals surface area contributed by atoms with Gasteiger partial charge in [-0.15, -0.1) is 0 Å². The molecule has 0 saturated carbocycles. The summed E-state index contributed by atoms with van der Waals surface area (Å²) >= 11 is 0. The quantitative estimate of drug-likeness (QED) is 0.664. The van der Waals surface area contributed by atoms with Gasteiger partial charge in [0.15, 0.2) is 0 Å². The smallest absolute Gasteiger partial charge is 0.0647 e. The number of aliphatic hydroxyl groups is 2. The zero-order valence-corrected chi connectivity index (χ0v) is 12.2. The second-order valence-corrected chi connectivity index (χ2v) is 5.85. The number of rotatable bonds is 6. The Morgan fingerprint density at radius 2 is 1.89 bits per heavy atom. The van der Waals surface area contributed by atoms with E-state index >= 15 is 0 Å². The van der Waals surface area contributed by atoms with Gasteiger partial charge < -0.3 is 20.4 Å². The van der Waals surface area contributed by atoms with Crippen molar-refractivity contribution in [3.05, 3.63) is 0 Å². The molecule has 1 rings (SSSR count). The lowest BCUT2D eigenvalue weighted by atomic mass is 9.95. The number of likely N-dealkylation sites (tertiary alicyclic amines) is 1. The topological polar surface area (TPSA) is 55.7 Å². The Kier molecular flexibility index (Phi) is 6.57. The van der Waals surface area contributed by atoms with Gasteiger partial charge in [0.05, 0.1) is 18.8 Å². The Morgan fingerprint density at radius 1 is 1.22 bits per heavy atom. The summed E-state index contributed by atoms with van der Waals surface area (Å²) in [4.78, 5) is 2.51. The van der Waals surface area contributed by atoms with E-state index in [1.54, 1.807) is 0 Å². The van der Waals surface area contributed by atoms with Crippen LogP contribution >= 0.6 is 0 Å². The Labute approximate surface area is 111 Å². The van der Waals surface area contributed by atoms with Crippen molar-refractivity contribution in [2.45, 2.75) is 64.1 Å². The molecule has 1 unspecified atom stereocenters. The van der Waals surface area contributed by atoms with Crippen molar-refractivity contribution < 1.29 is 10.2 Å². The summed E-state index contributed by atoms with van der Waals surface area (Å²) in [5, 5.41) is 22.5. The highest BCUT2D eigenvalue weighted by Crippen LogP contribution is 2.18. The van der Waals surface area contributed by atoms with Crippen LogP contribution in [0.25, 0.3) is 0 Å². The summed E-state index contributed by atoms with van der Waals surface area (Å²) < 4.78 is 0. The molecule has 1 fully saturated rings. The average molecular weight is 258 g/mol. The molecular formula is C14H30N2O2. The van der Waals surface area contributed by atoms with Crippen LogP contribution < -0.4 is 5.32 Å². The van der Waals surface area contributed by atoms with Crippen LogP contribution in [0.5, 0.6) is 0 Å². The third kappa shape index (κ3) is 4.19. The highest BCUT2D eigenvalue weighted by Gasteiger charge is 2.30. The maximum absolute atomic E-state index is 9.48. The molecule has 3 N–H and O–H groups in total. The third-order valence-electron chi connectivity index (χ3n) is 4.29. The summed E-state index contributed by atoms with van der Waals surface area (Å²) in [5.41, 5.74) is -0.502. The molecule has 108 valence electrons. The number of nitrogens with zero attached hydrogens (tertiary/aromatic N) is 1. The van der Waals surface area contributed by atoms with Gasteiger partial charge in [-0.1, -0.05) is 6.92 Å². The number of hydrogen-bond acceptors (Lipinski definition) is 4. The van der Waals surface area contributed by atoms with Crippen molar-refractivity contribution in [3.63, 3.8) is 0 Å². The fraction of sp³-hybridized carbons (Fsp3) is 1.00. The van der Waals surface area contributed by atoms with Crippen molar-refractivity contribution in [1.82, 2.24) is 10.2 Å². The third-order valence-corrected chi connectivity index (χ3v) is 4.29. The predicted molar refractivity (Wildman–Crippen MR) is 74.7 cm³/mol. The standard InChI is InChI=1S/C14H30N2O2/c1-4-14(10-17,11-18)15-13-6-5-8-16(9-7-13)12(2)3/h12-13,15,17-18H,4-11H2,1-3H3. The van der Waals surface area contributed by atoms with Crippen LogP contribution in [0.4, 0.5) is 0 Å². The van der Waals surface area contributed by atoms with E-state index in [0.29, 0.717) is 12.1 Å². The van der Waals surface area contributed by atoms with Gasteiger partial charge in [-0.2, -0.15) is 0 Å². The van der Waals surface area contributed by atoms with E-state index in [-0.39, 0.29) is 13.2 Å². The molecule has 0 amide bonds. The van der Waals surface area contributed by atoms with E-state index in [2.05, 4.69) is 24.1 Å². The minimum Gasteiger partial charge on any atom is -0.394 e. The molecule has 1 aliphatic rings. The first kappa shape index (κ1) is 15.9. The van der Waals surface area contributed by atoms with Crippen LogP contribution in [0, 0.1) is 0 Å². The molecule has 0 aliphatic carbocycles. The van der Waals surface area contributed by atoms with Gasteiger partial charge in [0.2, 0.25) is 0 Å². The van der Waals surface area contributed by atoms with Gasteiger partial charge in [-0.05, 0) is 52.6 Å². The molecule has 4 heteroatoms. The van der Waals surface area contributed by atoms with Crippen LogP contribution in [0.3, 0.4) is 0 Å². The molecule has 0 radical (unpaired) electrons. The maximum Gasteiger partial charge on any atom is 0.0647 e. The molecule has 1 saturated heterocycles. The van der Waals surface area contributed by atoms with Gasteiger partial charge in [-0.3, -0.25) is 0 Å². The summed E-state index contributed by atoms with van der Waals surface area (Å²) in [6.07, 6.45) is 4.17. The van der Waals surface area contributed by atoms with E-state index in [1.807, 2.05) is 6.92 Å². The zero-order valence-electron chi connectivity index (χ0n) is 12.2. The molecule has 4 nitrogen and oxygen atoms in total. The van der Waals surface area contributed by atoms with E-state index in [4.69, 9.17) is 0 Å². The monoisotopic (exact) mass is 258 g/mol. The molecular weight excluding hydrogens is 228 g/mol. The molecule has 0 bridgehead atoms. The highest BCUT2D eigenvalue weighted by atomic mass is 16.3. The summed E-state index contributed by atoms with van der Waals surface area (Å²) in [6.45, 7) is 8.77. The normalized spacial score (nSPS) is 23.3. The Balaban J connectivity index is 2.52. The second-order valence-electron chi connectivity index (χ2n) is 5.85. The molecule has 0 aromatic heterocycles. The van der Waals surface area contributed by atoms with E-state index in [9.17, 15) is 10.2 Å². The van der Waals surface area contributed by atoms with E-state index in [1.165, 1.54) is 6.42 Å². The van der Waals surface area contributed by atoms with Crippen molar-refractivity contribution in [2.75, 3.05) is 26.3 Å². The van der Waals surface area contributed by atoms with Crippen molar-refractivity contribution >= 4 is 0 Å². The minimum atomic E-state index is -0.502. The minimum absolute atomic E-state index is 0.00436. The summed E-state index contributed by atoms with van der Waals surface area (Å²) in [5.74, 6) is 0. The van der Waals surface area contributed by atoms with E-state index in [0.717, 1.165) is 32.4 Å². The molecule has 18 heavy (non-hydrogen) atoms. The van der Waals surface area contributed by atoms with Crippen LogP contribution in [-0.4, -0.2) is 59.0 Å². The van der Waals surface area contributed by atoms with Gasteiger partial charge in [0.1, 0.15) is 0 Å². The predicted octanol–water partition coefficient (Wildman–Crippen LogP) is 0.972. The fourth-order valence-corrected chi connectivity index (χ4v) is 2.68. The Morgan fingerprint density at radius 3 is 2.39 bits per heavy atom. The number of nitrogens with one attached hydrogen (secondary N) is 1. The molecule has 1 atom stereocenters. The van der Waals surface area contributed by atoms with Crippen molar-refractivity contribution in [1.29, 1.82) is 0 Å². The fourth-order valence-electron chi connectivity index (χ4n) is 2.68. The number of aliphatic hydroxyl groups excluding tert-OH is 2. The van der Waals surface area contributed by atoms with Gasteiger partial charge in [-0.25, -0.2) is 0 Å². The first-order valence-corrected chi connectivity index (χ1v) is 7.30. The number of hydrogen-bond donors (Lipinski definition) is 3. The van der Waals surface area contributed by atoms with Crippen LogP contribution in [0.2, 0.25) is 0 Å². The van der Waals surface area contributed by atoms with Crippen LogP contribution in [0.15, 0.2) is 0 Å². The largest absolute Gasteiger partial charge is 0.394 e. The average Bonchev–Trinajstić information content (AvgIpc) is 2.61. The van der Waals surface area contributed by atoms with Crippen molar-refractivity contribution in [3.8, 4) is 0 Å². The molecule has 1 heterocycles. The van der Waals surface area contributed by atoms with Gasteiger partial charge >= 0.3 is 0 Å². The molecule has 0 aromatic rings. The second kappa shape index (κ2) is 7.43. The lowest BCUT2D eigenvalue weighted by Crippen LogP contribution is -2.55. The summed E-state index contributed by atoms with van der Waals surface area (Å²) in [6, 6.07) is 1.02.